The van der Waals surface area contributed by atoms with Gasteiger partial charge in [-0.1, -0.05) is 30.3 Å². The third-order valence-electron chi connectivity index (χ3n) is 2.94. The van der Waals surface area contributed by atoms with Gasteiger partial charge < -0.3 is 15.8 Å². The Morgan fingerprint density at radius 1 is 1.20 bits per heavy atom. The van der Waals surface area contributed by atoms with Gasteiger partial charge in [0.15, 0.2) is 5.96 Å². The van der Waals surface area contributed by atoms with Crippen molar-refractivity contribution in [1.29, 1.82) is 0 Å². The molecule has 2 rings (SSSR count). The highest BCUT2D eigenvalue weighted by Crippen LogP contribution is 2.21. The van der Waals surface area contributed by atoms with E-state index >= 15 is 0 Å². The molecule has 0 unspecified atom stereocenters. The van der Waals surface area contributed by atoms with Gasteiger partial charge in [0.1, 0.15) is 5.75 Å². The van der Waals surface area contributed by atoms with E-state index in [0.29, 0.717) is 12.5 Å². The second-order valence-electron chi connectivity index (χ2n) is 4.50. The Bertz CT molecular complexity index is 594. The third kappa shape index (κ3) is 3.75. The quantitative estimate of drug-likeness (QED) is 0.662. The number of hydrogen-bond acceptors (Lipinski definition) is 2. The Labute approximate surface area is 119 Å². The number of aryl methyl sites for hydroxylation is 1. The molecule has 0 radical (unpaired) electrons. The maximum atomic E-state index is 5.88. The number of hydrogen-bond donors (Lipinski definition) is 2. The van der Waals surface area contributed by atoms with Crippen molar-refractivity contribution in [3.05, 3.63) is 59.7 Å². The van der Waals surface area contributed by atoms with Crippen molar-refractivity contribution >= 4 is 11.6 Å². The number of aliphatic imine (C=N–C) groups is 1. The molecule has 20 heavy (non-hydrogen) atoms. The summed E-state index contributed by atoms with van der Waals surface area (Å²) in [4.78, 5) is 4.31. The zero-order chi connectivity index (χ0) is 14.4. The highest BCUT2D eigenvalue weighted by atomic mass is 16.5. The fraction of sp³-hybridized carbons (Fsp3) is 0.188. The molecule has 2 aromatic carbocycles. The van der Waals surface area contributed by atoms with E-state index in [9.17, 15) is 0 Å². The first kappa shape index (κ1) is 13.9. The van der Waals surface area contributed by atoms with Crippen LogP contribution in [0.4, 0.5) is 5.69 Å². The summed E-state index contributed by atoms with van der Waals surface area (Å²) < 4.78 is 5.22. The lowest BCUT2D eigenvalue weighted by Crippen LogP contribution is -2.22. The molecule has 0 aliphatic heterocycles. The minimum Gasteiger partial charge on any atom is -0.496 e. The van der Waals surface area contributed by atoms with Crippen molar-refractivity contribution in [3.63, 3.8) is 0 Å². The van der Waals surface area contributed by atoms with Crippen LogP contribution in [0.3, 0.4) is 0 Å². The minimum absolute atomic E-state index is 0.401. The number of nitrogens with two attached hydrogens (primary N) is 1. The predicted molar refractivity (Wildman–Crippen MR) is 83.1 cm³/mol. The van der Waals surface area contributed by atoms with Crippen LogP contribution in [-0.4, -0.2) is 13.1 Å². The van der Waals surface area contributed by atoms with Gasteiger partial charge in [-0.25, -0.2) is 4.99 Å². The third-order valence-corrected chi connectivity index (χ3v) is 2.94. The normalized spacial score (nSPS) is 11.2. The number of nitrogens with one attached hydrogen (secondary N) is 1. The van der Waals surface area contributed by atoms with E-state index in [0.717, 1.165) is 22.6 Å². The number of nitrogens with zero attached hydrogens (tertiary/aromatic N) is 1. The summed E-state index contributed by atoms with van der Waals surface area (Å²) in [5.41, 5.74) is 8.96. The van der Waals surface area contributed by atoms with Gasteiger partial charge in [0.05, 0.1) is 13.7 Å². The van der Waals surface area contributed by atoms with Crippen LogP contribution < -0.4 is 15.8 Å². The van der Waals surface area contributed by atoms with Gasteiger partial charge in [0.2, 0.25) is 0 Å². The summed E-state index contributed by atoms with van der Waals surface area (Å²) in [5.74, 6) is 1.26. The molecule has 0 aliphatic carbocycles. The molecule has 0 fully saturated rings. The molecular formula is C16H19N3O. The molecule has 0 atom stereocenters. The van der Waals surface area contributed by atoms with Crippen molar-refractivity contribution in [3.8, 4) is 5.75 Å². The van der Waals surface area contributed by atoms with E-state index in [1.807, 2.05) is 55.5 Å². The van der Waals surface area contributed by atoms with Gasteiger partial charge >= 0.3 is 0 Å². The zero-order valence-corrected chi connectivity index (χ0v) is 11.8. The first-order valence-corrected chi connectivity index (χ1v) is 6.44. The van der Waals surface area contributed by atoms with Crippen LogP contribution in [0.2, 0.25) is 0 Å². The first-order valence-electron chi connectivity index (χ1n) is 6.44. The molecule has 2 aromatic rings. The first-order chi connectivity index (χ1) is 9.69. The van der Waals surface area contributed by atoms with Crippen molar-refractivity contribution in [2.75, 3.05) is 12.4 Å². The van der Waals surface area contributed by atoms with Gasteiger partial charge in [-0.3, -0.25) is 0 Å². The minimum atomic E-state index is 0.401. The highest BCUT2D eigenvalue weighted by Gasteiger charge is 2.00. The molecule has 0 aromatic heterocycles. The summed E-state index contributed by atoms with van der Waals surface area (Å²) in [6.07, 6.45) is 0. The van der Waals surface area contributed by atoms with Crippen LogP contribution in [0.1, 0.15) is 11.1 Å². The summed E-state index contributed by atoms with van der Waals surface area (Å²) in [7, 11) is 1.66. The monoisotopic (exact) mass is 269 g/mol. The second-order valence-corrected chi connectivity index (χ2v) is 4.50. The fourth-order valence-electron chi connectivity index (χ4n) is 1.90. The van der Waals surface area contributed by atoms with Gasteiger partial charge in [-0.2, -0.15) is 0 Å². The van der Waals surface area contributed by atoms with E-state index in [4.69, 9.17) is 10.5 Å². The van der Waals surface area contributed by atoms with Crippen LogP contribution in [-0.2, 0) is 6.54 Å². The lowest BCUT2D eigenvalue weighted by molar-refractivity contribution is 0.412. The number of anilines is 1. The Kier molecular flexibility index (Phi) is 4.60. The van der Waals surface area contributed by atoms with Crippen molar-refractivity contribution in [2.24, 2.45) is 10.7 Å². The van der Waals surface area contributed by atoms with Crippen molar-refractivity contribution in [1.82, 2.24) is 0 Å². The molecule has 4 heteroatoms. The number of ether oxygens (including phenoxy) is 1. The molecule has 0 saturated heterocycles. The highest BCUT2D eigenvalue weighted by molar-refractivity contribution is 5.92. The molecule has 0 saturated carbocycles. The Balaban J connectivity index is 2.00. The maximum absolute atomic E-state index is 5.88. The summed E-state index contributed by atoms with van der Waals surface area (Å²) >= 11 is 0. The zero-order valence-electron chi connectivity index (χ0n) is 11.8. The van der Waals surface area contributed by atoms with E-state index in [1.54, 1.807) is 7.11 Å². The van der Waals surface area contributed by atoms with Gasteiger partial charge in [0, 0.05) is 5.69 Å². The standard InChI is InChI=1S/C16H19N3O/c1-12-10-14(8-9-15(12)20-2)19-16(17)18-11-13-6-4-3-5-7-13/h3-10H,11H2,1-2H3,(H3,17,18,19). The molecule has 0 bridgehead atoms. The van der Waals surface area contributed by atoms with E-state index in [1.165, 1.54) is 0 Å². The van der Waals surface area contributed by atoms with Crippen LogP contribution in [0, 0.1) is 6.92 Å². The van der Waals surface area contributed by atoms with E-state index in [2.05, 4.69) is 10.3 Å². The number of benzene rings is 2. The Morgan fingerprint density at radius 3 is 2.60 bits per heavy atom. The van der Waals surface area contributed by atoms with Crippen molar-refractivity contribution in [2.45, 2.75) is 13.5 Å². The topological polar surface area (TPSA) is 59.6 Å². The van der Waals surface area contributed by atoms with Gasteiger partial charge in [-0.15, -0.1) is 0 Å². The molecule has 0 heterocycles. The van der Waals surface area contributed by atoms with E-state index in [-0.39, 0.29) is 0 Å². The number of rotatable bonds is 4. The fourth-order valence-corrected chi connectivity index (χ4v) is 1.90. The summed E-state index contributed by atoms with van der Waals surface area (Å²) in [6.45, 7) is 2.55. The smallest absolute Gasteiger partial charge is 0.193 e. The van der Waals surface area contributed by atoms with Crippen LogP contribution >= 0.6 is 0 Å². The lowest BCUT2D eigenvalue weighted by atomic mass is 10.2. The van der Waals surface area contributed by atoms with Crippen LogP contribution in [0.25, 0.3) is 0 Å². The molecule has 0 amide bonds. The van der Waals surface area contributed by atoms with Crippen LogP contribution in [0.5, 0.6) is 5.75 Å². The maximum Gasteiger partial charge on any atom is 0.193 e. The SMILES string of the molecule is COc1ccc(NC(N)=NCc2ccccc2)cc1C. The Morgan fingerprint density at radius 2 is 1.95 bits per heavy atom. The lowest BCUT2D eigenvalue weighted by Gasteiger charge is -2.09. The molecular weight excluding hydrogens is 250 g/mol. The average molecular weight is 269 g/mol. The number of guanidine groups is 1. The Hall–Kier alpha value is -2.49. The molecule has 4 nitrogen and oxygen atoms in total. The molecule has 0 spiro atoms. The second kappa shape index (κ2) is 6.61. The van der Waals surface area contributed by atoms with Crippen molar-refractivity contribution < 1.29 is 4.74 Å². The summed E-state index contributed by atoms with van der Waals surface area (Å²) in [5, 5.41) is 3.08. The largest absolute Gasteiger partial charge is 0.496 e. The molecule has 3 N–H and O–H groups in total. The van der Waals surface area contributed by atoms with Gasteiger partial charge in [0.25, 0.3) is 0 Å². The van der Waals surface area contributed by atoms with Crippen LogP contribution in [0.15, 0.2) is 53.5 Å². The molecule has 0 aliphatic rings. The summed E-state index contributed by atoms with van der Waals surface area (Å²) in [6, 6.07) is 15.8. The van der Waals surface area contributed by atoms with E-state index < -0.39 is 0 Å². The average Bonchev–Trinajstić information content (AvgIpc) is 2.46. The predicted octanol–water partition coefficient (Wildman–Crippen LogP) is 2.93. The molecule has 104 valence electrons. The van der Waals surface area contributed by atoms with Gasteiger partial charge in [-0.05, 0) is 36.2 Å². The number of methoxy groups -OCH3 is 1.